The Balaban J connectivity index is 2.81. The van der Waals surface area contributed by atoms with Gasteiger partial charge in [-0.05, 0) is 27.4 Å². The number of rotatable bonds is 5. The van der Waals surface area contributed by atoms with E-state index < -0.39 is 0 Å². The van der Waals surface area contributed by atoms with Gasteiger partial charge in [-0.25, -0.2) is 0 Å². The van der Waals surface area contributed by atoms with Crippen molar-refractivity contribution in [3.63, 3.8) is 0 Å². The van der Waals surface area contributed by atoms with Crippen molar-refractivity contribution < 1.29 is 4.79 Å². The van der Waals surface area contributed by atoms with Crippen LogP contribution < -0.4 is 11.1 Å². The van der Waals surface area contributed by atoms with Crippen molar-refractivity contribution >= 4 is 11.6 Å². The zero-order valence-corrected chi connectivity index (χ0v) is 11.8. The third-order valence-corrected chi connectivity index (χ3v) is 2.73. The van der Waals surface area contributed by atoms with Gasteiger partial charge in [0.2, 0.25) is 0 Å². The van der Waals surface area contributed by atoms with Gasteiger partial charge in [0.05, 0.1) is 11.4 Å². The summed E-state index contributed by atoms with van der Waals surface area (Å²) in [4.78, 5) is 14.2. The molecule has 18 heavy (non-hydrogen) atoms. The highest BCUT2D eigenvalue weighted by Crippen LogP contribution is 2.16. The molecule has 0 aliphatic carbocycles. The van der Waals surface area contributed by atoms with Crippen LogP contribution in [0.4, 0.5) is 5.69 Å². The van der Waals surface area contributed by atoms with Gasteiger partial charge < -0.3 is 16.0 Å². The van der Waals surface area contributed by atoms with Crippen molar-refractivity contribution in [1.82, 2.24) is 20.0 Å². The molecule has 1 atom stereocenters. The first-order valence-electron chi connectivity index (χ1n) is 6.13. The second-order valence-corrected chi connectivity index (χ2v) is 4.82. The topological polar surface area (TPSA) is 76.2 Å². The van der Waals surface area contributed by atoms with Crippen LogP contribution in [0.2, 0.25) is 0 Å². The Bertz CT molecular complexity index is 424. The van der Waals surface area contributed by atoms with E-state index in [0.29, 0.717) is 11.4 Å². The molecule has 1 heterocycles. The summed E-state index contributed by atoms with van der Waals surface area (Å²) in [5.41, 5.74) is 7.63. The van der Waals surface area contributed by atoms with Crippen molar-refractivity contribution in [1.29, 1.82) is 0 Å². The quantitative estimate of drug-likeness (QED) is 0.788. The lowest BCUT2D eigenvalue weighted by atomic mass is 10.2. The average Bonchev–Trinajstić information content (AvgIpc) is 2.52. The highest BCUT2D eigenvalue weighted by atomic mass is 16.2. The number of likely N-dealkylation sites (N-methyl/N-ethyl adjacent to an activating group) is 1. The standard InChI is InChI=1S/C12H23N5O/c1-6-9-10(13)11(17(5)15-9)12(18)14-8(2)7-16(3)4/h8H,6-7,13H2,1-5H3,(H,14,18). The molecule has 0 saturated carbocycles. The van der Waals surface area contributed by atoms with E-state index in [1.54, 1.807) is 11.7 Å². The van der Waals surface area contributed by atoms with Gasteiger partial charge in [0.1, 0.15) is 5.69 Å². The van der Waals surface area contributed by atoms with E-state index in [9.17, 15) is 4.79 Å². The van der Waals surface area contributed by atoms with Crippen LogP contribution in [0.1, 0.15) is 30.0 Å². The minimum atomic E-state index is -0.170. The first kappa shape index (κ1) is 14.5. The van der Waals surface area contributed by atoms with E-state index >= 15 is 0 Å². The third-order valence-electron chi connectivity index (χ3n) is 2.73. The molecule has 0 fully saturated rings. The molecule has 0 spiro atoms. The number of anilines is 1. The molecule has 1 aromatic rings. The van der Waals surface area contributed by atoms with E-state index in [4.69, 9.17) is 5.73 Å². The van der Waals surface area contributed by atoms with Crippen molar-refractivity contribution in [3.8, 4) is 0 Å². The summed E-state index contributed by atoms with van der Waals surface area (Å²) >= 11 is 0. The maximum atomic E-state index is 12.1. The summed E-state index contributed by atoms with van der Waals surface area (Å²) in [7, 11) is 5.67. The molecule has 1 rings (SSSR count). The largest absolute Gasteiger partial charge is 0.395 e. The molecule has 0 aliphatic rings. The van der Waals surface area contributed by atoms with Crippen molar-refractivity contribution in [2.24, 2.45) is 7.05 Å². The summed E-state index contributed by atoms with van der Waals surface area (Å²) in [6.45, 7) is 4.71. The van der Waals surface area contributed by atoms with Crippen LogP contribution in [0.5, 0.6) is 0 Å². The Morgan fingerprint density at radius 3 is 2.61 bits per heavy atom. The molecule has 1 amide bonds. The number of aryl methyl sites for hydroxylation is 2. The monoisotopic (exact) mass is 253 g/mol. The summed E-state index contributed by atoms with van der Waals surface area (Å²) in [6, 6.07) is 0.0619. The lowest BCUT2D eigenvalue weighted by Gasteiger charge is -2.18. The first-order valence-corrected chi connectivity index (χ1v) is 6.13. The van der Waals surface area contributed by atoms with Crippen LogP contribution >= 0.6 is 0 Å². The van der Waals surface area contributed by atoms with E-state index in [-0.39, 0.29) is 11.9 Å². The zero-order valence-electron chi connectivity index (χ0n) is 11.8. The number of nitrogens with two attached hydrogens (primary N) is 1. The maximum absolute atomic E-state index is 12.1. The van der Waals surface area contributed by atoms with Gasteiger partial charge in [0, 0.05) is 19.6 Å². The van der Waals surface area contributed by atoms with Crippen LogP contribution in [-0.4, -0.2) is 47.3 Å². The Morgan fingerprint density at radius 2 is 2.17 bits per heavy atom. The van der Waals surface area contributed by atoms with Crippen LogP contribution in [0.15, 0.2) is 0 Å². The Kier molecular flexibility index (Phi) is 4.72. The number of amides is 1. The van der Waals surface area contributed by atoms with Gasteiger partial charge in [-0.3, -0.25) is 9.48 Å². The molecule has 1 unspecified atom stereocenters. The second-order valence-electron chi connectivity index (χ2n) is 4.82. The first-order chi connectivity index (χ1) is 8.36. The predicted molar refractivity (Wildman–Crippen MR) is 72.5 cm³/mol. The molecule has 1 aromatic heterocycles. The fourth-order valence-electron chi connectivity index (χ4n) is 2.01. The molecular weight excluding hydrogens is 230 g/mol. The Labute approximate surface area is 108 Å². The normalized spacial score (nSPS) is 12.8. The Hall–Kier alpha value is -1.56. The van der Waals surface area contributed by atoms with Crippen LogP contribution in [-0.2, 0) is 13.5 Å². The lowest BCUT2D eigenvalue weighted by Crippen LogP contribution is -2.40. The maximum Gasteiger partial charge on any atom is 0.271 e. The van der Waals surface area contributed by atoms with E-state index in [2.05, 4.69) is 10.4 Å². The molecule has 0 aliphatic heterocycles. The second kappa shape index (κ2) is 5.86. The number of nitrogen functional groups attached to an aromatic ring is 1. The average molecular weight is 253 g/mol. The molecule has 6 nitrogen and oxygen atoms in total. The minimum absolute atomic E-state index is 0.0619. The van der Waals surface area contributed by atoms with Gasteiger partial charge in [-0.2, -0.15) is 5.10 Å². The molecular formula is C12H23N5O. The number of hydrogen-bond donors (Lipinski definition) is 2. The minimum Gasteiger partial charge on any atom is -0.395 e. The summed E-state index contributed by atoms with van der Waals surface area (Å²) in [5, 5.41) is 7.16. The Morgan fingerprint density at radius 1 is 1.56 bits per heavy atom. The van der Waals surface area contributed by atoms with E-state index in [1.165, 1.54) is 0 Å². The van der Waals surface area contributed by atoms with Gasteiger partial charge >= 0.3 is 0 Å². The SMILES string of the molecule is CCc1nn(C)c(C(=O)NC(C)CN(C)C)c1N. The molecule has 0 bridgehead atoms. The molecule has 0 radical (unpaired) electrons. The van der Waals surface area contributed by atoms with Crippen molar-refractivity contribution in [2.75, 3.05) is 26.4 Å². The lowest BCUT2D eigenvalue weighted by molar-refractivity contribution is 0.0926. The predicted octanol–water partition coefficient (Wildman–Crippen LogP) is 0.245. The van der Waals surface area contributed by atoms with E-state index in [0.717, 1.165) is 18.7 Å². The summed E-state index contributed by atoms with van der Waals surface area (Å²) in [5.74, 6) is -0.170. The van der Waals surface area contributed by atoms with Gasteiger partial charge in [-0.15, -0.1) is 0 Å². The fraction of sp³-hybridized carbons (Fsp3) is 0.667. The smallest absolute Gasteiger partial charge is 0.271 e. The third kappa shape index (κ3) is 3.22. The van der Waals surface area contributed by atoms with Crippen LogP contribution in [0.3, 0.4) is 0 Å². The number of carbonyl (C=O) groups excluding carboxylic acids is 1. The van der Waals surface area contributed by atoms with Gasteiger partial charge in [0.15, 0.2) is 0 Å². The summed E-state index contributed by atoms with van der Waals surface area (Å²) < 4.78 is 1.55. The van der Waals surface area contributed by atoms with Crippen molar-refractivity contribution in [2.45, 2.75) is 26.3 Å². The van der Waals surface area contributed by atoms with E-state index in [1.807, 2.05) is 32.8 Å². The molecule has 0 aromatic carbocycles. The zero-order chi connectivity index (χ0) is 13.9. The fourth-order valence-corrected chi connectivity index (χ4v) is 2.01. The summed E-state index contributed by atoms with van der Waals surface area (Å²) in [6.07, 6.45) is 0.722. The number of nitrogens with zero attached hydrogens (tertiary/aromatic N) is 3. The molecule has 3 N–H and O–H groups in total. The van der Waals surface area contributed by atoms with Gasteiger partial charge in [0.25, 0.3) is 5.91 Å². The number of aromatic nitrogens is 2. The van der Waals surface area contributed by atoms with Crippen LogP contribution in [0.25, 0.3) is 0 Å². The number of carbonyl (C=O) groups is 1. The highest BCUT2D eigenvalue weighted by Gasteiger charge is 2.20. The van der Waals surface area contributed by atoms with Crippen molar-refractivity contribution in [3.05, 3.63) is 11.4 Å². The highest BCUT2D eigenvalue weighted by molar-refractivity contribution is 5.98. The molecule has 0 saturated heterocycles. The molecule has 6 heteroatoms. The van der Waals surface area contributed by atoms with Crippen LogP contribution in [0, 0.1) is 0 Å². The molecule has 102 valence electrons. The number of nitrogens with one attached hydrogen (secondary N) is 1. The van der Waals surface area contributed by atoms with Gasteiger partial charge in [-0.1, -0.05) is 6.92 Å². The number of hydrogen-bond acceptors (Lipinski definition) is 4.